The van der Waals surface area contributed by atoms with Gasteiger partial charge in [0.05, 0.1) is 0 Å². The van der Waals surface area contributed by atoms with Gasteiger partial charge < -0.3 is 9.84 Å². The molecule has 104 valence electrons. The van der Waals surface area contributed by atoms with Crippen LogP contribution in [0.15, 0.2) is 66.7 Å². The molecule has 1 heterocycles. The number of hydrogen-bond donors (Lipinski definition) is 1. The standard InChI is InChI=1S/C20H12O2/c21-13-8-9-18-16(11-13)17-10-12-4-1-2-5-14(12)15-6-3-7-19(22-18)20(15)17/h1-11,21H. The summed E-state index contributed by atoms with van der Waals surface area (Å²) in [6.07, 6.45) is 0. The van der Waals surface area contributed by atoms with Gasteiger partial charge in [-0.05, 0) is 52.1 Å². The van der Waals surface area contributed by atoms with Gasteiger partial charge in [0, 0.05) is 10.9 Å². The van der Waals surface area contributed by atoms with Crippen LogP contribution in [0.5, 0.6) is 17.2 Å². The monoisotopic (exact) mass is 284 g/mol. The first-order chi connectivity index (χ1) is 10.8. The first kappa shape index (κ1) is 11.6. The molecule has 2 nitrogen and oxygen atoms in total. The van der Waals surface area contributed by atoms with Crippen LogP contribution < -0.4 is 4.74 Å². The molecular weight excluding hydrogens is 272 g/mol. The van der Waals surface area contributed by atoms with E-state index in [2.05, 4.69) is 30.3 Å². The Bertz CT molecular complexity index is 1060. The van der Waals surface area contributed by atoms with Gasteiger partial charge in [-0.15, -0.1) is 0 Å². The molecule has 22 heavy (non-hydrogen) atoms. The van der Waals surface area contributed by atoms with E-state index in [1.165, 1.54) is 16.2 Å². The van der Waals surface area contributed by atoms with Crippen LogP contribution in [0.1, 0.15) is 0 Å². The van der Waals surface area contributed by atoms with Crippen LogP contribution in [0.4, 0.5) is 0 Å². The molecule has 0 saturated heterocycles. The summed E-state index contributed by atoms with van der Waals surface area (Å²) in [4.78, 5) is 0. The van der Waals surface area contributed by atoms with Gasteiger partial charge in [-0.3, -0.25) is 0 Å². The highest BCUT2D eigenvalue weighted by Gasteiger charge is 2.21. The van der Waals surface area contributed by atoms with Crippen molar-refractivity contribution in [1.29, 1.82) is 0 Å². The molecule has 2 heteroatoms. The lowest BCUT2D eigenvalue weighted by atomic mass is 9.91. The molecule has 0 bridgehead atoms. The zero-order valence-corrected chi connectivity index (χ0v) is 11.7. The van der Waals surface area contributed by atoms with Crippen LogP contribution >= 0.6 is 0 Å². The Morgan fingerprint density at radius 3 is 2.50 bits per heavy atom. The zero-order chi connectivity index (χ0) is 14.7. The normalized spacial score (nSPS) is 12.2. The molecule has 5 rings (SSSR count). The Balaban J connectivity index is 2.04. The fourth-order valence-electron chi connectivity index (χ4n) is 3.36. The maximum Gasteiger partial charge on any atom is 0.135 e. The molecule has 1 aliphatic heterocycles. The molecule has 1 aliphatic rings. The summed E-state index contributed by atoms with van der Waals surface area (Å²) >= 11 is 0. The van der Waals surface area contributed by atoms with E-state index in [1.54, 1.807) is 12.1 Å². The van der Waals surface area contributed by atoms with Crippen molar-refractivity contribution in [2.24, 2.45) is 0 Å². The van der Waals surface area contributed by atoms with E-state index in [0.29, 0.717) is 0 Å². The molecule has 4 aromatic rings. The second-order valence-electron chi connectivity index (χ2n) is 5.61. The quantitative estimate of drug-likeness (QED) is 0.382. The lowest BCUT2D eigenvalue weighted by Gasteiger charge is -2.22. The molecule has 0 unspecified atom stereocenters. The summed E-state index contributed by atoms with van der Waals surface area (Å²) in [5, 5.41) is 14.6. The summed E-state index contributed by atoms with van der Waals surface area (Å²) < 4.78 is 6.04. The number of rotatable bonds is 0. The first-order valence-electron chi connectivity index (χ1n) is 7.27. The van der Waals surface area contributed by atoms with Gasteiger partial charge in [-0.1, -0.05) is 36.4 Å². The number of aromatic hydroxyl groups is 1. The average Bonchev–Trinajstić information content (AvgIpc) is 2.56. The molecule has 0 spiro atoms. The average molecular weight is 284 g/mol. The predicted octanol–water partition coefficient (Wildman–Crippen LogP) is 5.47. The van der Waals surface area contributed by atoms with Crippen molar-refractivity contribution in [2.45, 2.75) is 0 Å². The Morgan fingerprint density at radius 2 is 1.55 bits per heavy atom. The van der Waals surface area contributed by atoms with E-state index in [1.807, 2.05) is 24.3 Å². The molecule has 0 saturated carbocycles. The van der Waals surface area contributed by atoms with Crippen molar-refractivity contribution >= 4 is 21.5 Å². The minimum atomic E-state index is 0.253. The highest BCUT2D eigenvalue weighted by molar-refractivity contribution is 6.17. The first-order valence-corrected chi connectivity index (χ1v) is 7.27. The highest BCUT2D eigenvalue weighted by Crippen LogP contribution is 2.49. The van der Waals surface area contributed by atoms with Gasteiger partial charge >= 0.3 is 0 Å². The number of benzene rings is 4. The van der Waals surface area contributed by atoms with Crippen LogP contribution in [0, 0.1) is 0 Å². The number of phenolic OH excluding ortho intramolecular Hbond substituents is 1. The zero-order valence-electron chi connectivity index (χ0n) is 11.7. The fourth-order valence-corrected chi connectivity index (χ4v) is 3.36. The third kappa shape index (κ3) is 1.44. The molecule has 0 fully saturated rings. The number of ether oxygens (including phenoxy) is 1. The van der Waals surface area contributed by atoms with E-state index in [0.717, 1.165) is 28.0 Å². The van der Waals surface area contributed by atoms with E-state index in [9.17, 15) is 5.11 Å². The largest absolute Gasteiger partial charge is 0.508 e. The number of fused-ring (bicyclic) bond motifs is 4. The van der Waals surface area contributed by atoms with E-state index >= 15 is 0 Å². The summed E-state index contributed by atoms with van der Waals surface area (Å²) in [7, 11) is 0. The highest BCUT2D eigenvalue weighted by atomic mass is 16.5. The van der Waals surface area contributed by atoms with Crippen LogP contribution in [-0.2, 0) is 0 Å². The third-order valence-corrected chi connectivity index (χ3v) is 4.32. The Morgan fingerprint density at radius 1 is 0.682 bits per heavy atom. The minimum absolute atomic E-state index is 0.253. The van der Waals surface area contributed by atoms with Gasteiger partial charge in [-0.25, -0.2) is 0 Å². The van der Waals surface area contributed by atoms with Gasteiger partial charge in [0.1, 0.15) is 17.2 Å². The summed E-state index contributed by atoms with van der Waals surface area (Å²) in [5.74, 6) is 1.91. The Labute approximate surface area is 127 Å². The van der Waals surface area contributed by atoms with Gasteiger partial charge in [0.15, 0.2) is 0 Å². The van der Waals surface area contributed by atoms with Crippen molar-refractivity contribution in [2.75, 3.05) is 0 Å². The predicted molar refractivity (Wildman–Crippen MR) is 88.6 cm³/mol. The topological polar surface area (TPSA) is 29.5 Å². The van der Waals surface area contributed by atoms with Crippen LogP contribution in [0.3, 0.4) is 0 Å². The third-order valence-electron chi connectivity index (χ3n) is 4.32. The smallest absolute Gasteiger partial charge is 0.135 e. The summed E-state index contributed by atoms with van der Waals surface area (Å²) in [5.41, 5.74) is 2.05. The molecular formula is C20H12O2. The van der Waals surface area contributed by atoms with Gasteiger partial charge in [0.25, 0.3) is 0 Å². The van der Waals surface area contributed by atoms with Crippen molar-refractivity contribution in [3.05, 3.63) is 66.7 Å². The maximum atomic E-state index is 9.85. The van der Waals surface area contributed by atoms with E-state index in [-0.39, 0.29) is 5.75 Å². The van der Waals surface area contributed by atoms with E-state index in [4.69, 9.17) is 4.74 Å². The van der Waals surface area contributed by atoms with Crippen LogP contribution in [-0.4, -0.2) is 5.11 Å². The molecule has 0 amide bonds. The van der Waals surface area contributed by atoms with Crippen LogP contribution in [0.2, 0.25) is 0 Å². The van der Waals surface area contributed by atoms with Crippen molar-refractivity contribution in [3.63, 3.8) is 0 Å². The van der Waals surface area contributed by atoms with Crippen LogP contribution in [0.25, 0.3) is 32.7 Å². The van der Waals surface area contributed by atoms with Crippen molar-refractivity contribution in [1.82, 2.24) is 0 Å². The fraction of sp³-hybridized carbons (Fsp3) is 0. The Kier molecular flexibility index (Phi) is 2.12. The SMILES string of the molecule is Oc1ccc2c(c1)-c1cc3ccccc3c3cccc(c13)O2. The lowest BCUT2D eigenvalue weighted by Crippen LogP contribution is -1.97. The Hall–Kier alpha value is -3.00. The number of phenols is 1. The summed E-state index contributed by atoms with van der Waals surface area (Å²) in [6, 6.07) is 21.9. The molecule has 0 radical (unpaired) electrons. The lowest BCUT2D eigenvalue weighted by molar-refractivity contribution is 0.466. The van der Waals surface area contributed by atoms with Crippen molar-refractivity contribution in [3.8, 4) is 28.4 Å². The molecule has 1 N–H and O–H groups in total. The summed E-state index contributed by atoms with van der Waals surface area (Å²) in [6.45, 7) is 0. The molecule has 0 atom stereocenters. The van der Waals surface area contributed by atoms with Crippen molar-refractivity contribution < 1.29 is 9.84 Å². The second-order valence-corrected chi connectivity index (χ2v) is 5.61. The molecule has 0 aliphatic carbocycles. The van der Waals surface area contributed by atoms with Gasteiger partial charge in [0.2, 0.25) is 0 Å². The second kappa shape index (κ2) is 4.01. The van der Waals surface area contributed by atoms with Gasteiger partial charge in [-0.2, -0.15) is 0 Å². The van der Waals surface area contributed by atoms with E-state index < -0.39 is 0 Å². The number of hydrogen-bond acceptors (Lipinski definition) is 2. The molecule has 4 aromatic carbocycles. The minimum Gasteiger partial charge on any atom is -0.508 e. The maximum absolute atomic E-state index is 9.85. The molecule has 0 aromatic heterocycles.